The zero-order valence-electron chi connectivity index (χ0n) is 12.4. The first-order valence-corrected chi connectivity index (χ1v) is 8.14. The number of carbonyl (C=O) groups is 2. The predicted octanol–water partition coefficient (Wildman–Crippen LogP) is 1.56. The third kappa shape index (κ3) is 4.07. The minimum absolute atomic E-state index is 0.0844. The van der Waals surface area contributed by atoms with Crippen molar-refractivity contribution in [2.75, 3.05) is 6.61 Å². The van der Waals surface area contributed by atoms with Crippen molar-refractivity contribution in [3.63, 3.8) is 0 Å². The van der Waals surface area contributed by atoms with Crippen LogP contribution in [0.4, 0.5) is 0 Å². The lowest BCUT2D eigenvalue weighted by atomic mass is 10.1. The summed E-state index contributed by atoms with van der Waals surface area (Å²) in [5, 5.41) is 13.9. The average molecular weight is 332 g/mol. The van der Waals surface area contributed by atoms with Crippen LogP contribution < -0.4 is 10.1 Å². The molecule has 2 N–H and O–H groups in total. The summed E-state index contributed by atoms with van der Waals surface area (Å²) in [6, 6.07) is 5.82. The van der Waals surface area contributed by atoms with E-state index in [-0.39, 0.29) is 12.3 Å². The van der Waals surface area contributed by atoms with Gasteiger partial charge in [-0.15, -0.1) is 11.3 Å². The molecule has 1 aliphatic rings. The Labute approximate surface area is 137 Å². The van der Waals surface area contributed by atoms with Gasteiger partial charge in [0, 0.05) is 11.8 Å². The zero-order chi connectivity index (χ0) is 16.2. The van der Waals surface area contributed by atoms with Gasteiger partial charge in [-0.2, -0.15) is 0 Å². The molecule has 0 unspecified atom stereocenters. The van der Waals surface area contributed by atoms with Gasteiger partial charge in [0.25, 0.3) is 0 Å². The monoisotopic (exact) mass is 332 g/mol. The first-order chi connectivity index (χ1) is 11.1. The molecule has 0 atom stereocenters. The van der Waals surface area contributed by atoms with E-state index >= 15 is 0 Å². The van der Waals surface area contributed by atoms with Crippen LogP contribution in [-0.2, 0) is 35.4 Å². The van der Waals surface area contributed by atoms with E-state index in [1.807, 2.05) is 18.2 Å². The molecule has 6 nitrogen and oxygen atoms in total. The molecule has 0 fully saturated rings. The molecule has 0 saturated carbocycles. The summed E-state index contributed by atoms with van der Waals surface area (Å²) in [5.74, 6) is -0.0896. The van der Waals surface area contributed by atoms with Gasteiger partial charge in [-0.25, -0.2) is 4.98 Å². The molecule has 1 aliphatic heterocycles. The molecule has 2 aromatic rings. The zero-order valence-corrected chi connectivity index (χ0v) is 13.2. The average Bonchev–Trinajstić information content (AvgIpc) is 3.13. The maximum Gasteiger partial charge on any atom is 0.309 e. The van der Waals surface area contributed by atoms with E-state index < -0.39 is 5.97 Å². The van der Waals surface area contributed by atoms with Crippen molar-refractivity contribution < 1.29 is 19.4 Å². The maximum atomic E-state index is 12.0. The molecule has 0 aliphatic carbocycles. The van der Waals surface area contributed by atoms with Crippen LogP contribution in [0.15, 0.2) is 23.6 Å². The van der Waals surface area contributed by atoms with Crippen LogP contribution in [0.5, 0.6) is 5.75 Å². The van der Waals surface area contributed by atoms with Crippen molar-refractivity contribution in [1.29, 1.82) is 0 Å². The minimum Gasteiger partial charge on any atom is -0.493 e. The van der Waals surface area contributed by atoms with Crippen molar-refractivity contribution >= 4 is 23.2 Å². The Morgan fingerprint density at radius 2 is 2.22 bits per heavy atom. The number of rotatable bonds is 6. The summed E-state index contributed by atoms with van der Waals surface area (Å²) >= 11 is 1.35. The molecule has 23 heavy (non-hydrogen) atoms. The Hall–Kier alpha value is -2.41. The molecule has 1 aromatic carbocycles. The first kappa shape index (κ1) is 15.5. The number of hydrogen-bond donors (Lipinski definition) is 2. The highest BCUT2D eigenvalue weighted by atomic mass is 32.1. The molecule has 1 amide bonds. The maximum absolute atomic E-state index is 12.0. The number of aliphatic carboxylic acids is 1. The lowest BCUT2D eigenvalue weighted by molar-refractivity contribution is -0.136. The largest absolute Gasteiger partial charge is 0.493 e. The second-order valence-corrected chi connectivity index (χ2v) is 6.24. The lowest BCUT2D eigenvalue weighted by Crippen LogP contribution is -2.24. The molecule has 0 bridgehead atoms. The van der Waals surface area contributed by atoms with Crippen molar-refractivity contribution in [3.8, 4) is 5.75 Å². The fraction of sp³-hybridized carbons (Fsp3) is 0.312. The van der Waals surface area contributed by atoms with E-state index in [1.165, 1.54) is 11.3 Å². The number of nitrogens with one attached hydrogen (secondary N) is 1. The minimum atomic E-state index is -0.911. The third-order valence-corrected chi connectivity index (χ3v) is 4.38. The van der Waals surface area contributed by atoms with Crippen LogP contribution in [0, 0.1) is 0 Å². The van der Waals surface area contributed by atoms with Gasteiger partial charge in [0.1, 0.15) is 10.8 Å². The topological polar surface area (TPSA) is 88.5 Å². The predicted molar refractivity (Wildman–Crippen MR) is 84.6 cm³/mol. The van der Waals surface area contributed by atoms with Crippen molar-refractivity contribution in [2.45, 2.75) is 25.8 Å². The summed E-state index contributed by atoms with van der Waals surface area (Å²) in [5.41, 5.74) is 2.62. The molecule has 120 valence electrons. The Bertz CT molecular complexity index is 741. The first-order valence-electron chi connectivity index (χ1n) is 7.26. The Morgan fingerprint density at radius 1 is 1.35 bits per heavy atom. The number of carbonyl (C=O) groups excluding carboxylic acids is 1. The lowest BCUT2D eigenvalue weighted by Gasteiger charge is -2.05. The number of carboxylic acids is 1. The van der Waals surface area contributed by atoms with Crippen LogP contribution in [0.2, 0.25) is 0 Å². The Kier molecular flexibility index (Phi) is 4.57. The van der Waals surface area contributed by atoms with Crippen LogP contribution in [0.3, 0.4) is 0 Å². The van der Waals surface area contributed by atoms with Gasteiger partial charge >= 0.3 is 5.97 Å². The second-order valence-electron chi connectivity index (χ2n) is 5.30. The molecule has 0 radical (unpaired) electrons. The highest BCUT2D eigenvalue weighted by molar-refractivity contribution is 7.09. The number of fused-ring (bicyclic) bond motifs is 1. The highest BCUT2D eigenvalue weighted by Crippen LogP contribution is 2.25. The van der Waals surface area contributed by atoms with Crippen LogP contribution in [0.25, 0.3) is 0 Å². The van der Waals surface area contributed by atoms with Gasteiger partial charge in [-0.1, -0.05) is 12.1 Å². The summed E-state index contributed by atoms with van der Waals surface area (Å²) in [7, 11) is 0. The fourth-order valence-corrected chi connectivity index (χ4v) is 3.17. The number of nitrogens with zero attached hydrogens (tertiary/aromatic N) is 1. The fourth-order valence-electron chi connectivity index (χ4n) is 2.44. The molecule has 1 aromatic heterocycles. The van der Waals surface area contributed by atoms with Crippen molar-refractivity contribution in [3.05, 3.63) is 45.4 Å². The molecule has 7 heteroatoms. The molecule has 2 heterocycles. The molecule has 0 spiro atoms. The Morgan fingerprint density at radius 3 is 3.04 bits per heavy atom. The number of ether oxygens (including phenoxy) is 1. The van der Waals surface area contributed by atoms with Crippen LogP contribution in [0.1, 0.15) is 21.8 Å². The molecule has 3 rings (SSSR count). The van der Waals surface area contributed by atoms with Gasteiger partial charge < -0.3 is 15.2 Å². The van der Waals surface area contributed by atoms with E-state index in [9.17, 15) is 9.59 Å². The van der Waals surface area contributed by atoms with Crippen molar-refractivity contribution in [1.82, 2.24) is 10.3 Å². The van der Waals surface area contributed by atoms with Gasteiger partial charge in [-0.3, -0.25) is 9.59 Å². The molecular weight excluding hydrogens is 316 g/mol. The Balaban J connectivity index is 1.51. The van der Waals surface area contributed by atoms with Crippen molar-refractivity contribution in [2.24, 2.45) is 0 Å². The smallest absolute Gasteiger partial charge is 0.309 e. The number of carboxylic acid groups (broad SMARTS) is 1. The summed E-state index contributed by atoms with van der Waals surface area (Å²) in [6.07, 6.45) is 1.10. The number of aromatic nitrogens is 1. The van der Waals surface area contributed by atoms with Gasteiger partial charge in [0.2, 0.25) is 5.91 Å². The van der Waals surface area contributed by atoms with Crippen LogP contribution >= 0.6 is 11.3 Å². The van der Waals surface area contributed by atoms with E-state index in [2.05, 4.69) is 10.3 Å². The third-order valence-electron chi connectivity index (χ3n) is 3.49. The van der Waals surface area contributed by atoms with Gasteiger partial charge in [0.05, 0.1) is 31.7 Å². The van der Waals surface area contributed by atoms with E-state index in [0.29, 0.717) is 30.3 Å². The van der Waals surface area contributed by atoms with E-state index in [1.54, 1.807) is 5.38 Å². The van der Waals surface area contributed by atoms with E-state index in [4.69, 9.17) is 9.84 Å². The van der Waals surface area contributed by atoms with Crippen LogP contribution in [-0.4, -0.2) is 28.6 Å². The summed E-state index contributed by atoms with van der Waals surface area (Å²) in [4.78, 5) is 26.8. The van der Waals surface area contributed by atoms with Gasteiger partial charge in [0.15, 0.2) is 0 Å². The molecule has 0 saturated heterocycles. The summed E-state index contributed by atoms with van der Waals surface area (Å²) in [6.45, 7) is 1.02. The number of hydrogen-bond acceptors (Lipinski definition) is 5. The van der Waals surface area contributed by atoms with E-state index in [0.717, 1.165) is 23.3 Å². The highest BCUT2D eigenvalue weighted by Gasteiger charge is 2.13. The molecular formula is C16H16N2O4S. The van der Waals surface area contributed by atoms with Gasteiger partial charge in [-0.05, 0) is 17.2 Å². The number of benzene rings is 1. The quantitative estimate of drug-likeness (QED) is 0.838. The number of amides is 1. The summed E-state index contributed by atoms with van der Waals surface area (Å²) < 4.78 is 5.44. The second kappa shape index (κ2) is 6.78. The standard InChI is InChI=1S/C16H16N2O4S/c19-14(6-10-1-2-13-11(5-10)3-4-22-13)17-8-15-18-12(9-23-15)7-16(20)21/h1-2,5,9H,3-4,6-8H2,(H,17,19)(H,20,21). The SMILES string of the molecule is O=C(O)Cc1csc(CNC(=O)Cc2ccc3c(c2)CCO3)n1. The number of thiazole rings is 1. The normalized spacial score (nSPS) is 12.5.